The van der Waals surface area contributed by atoms with Gasteiger partial charge in [-0.15, -0.1) is 0 Å². The van der Waals surface area contributed by atoms with Crippen molar-refractivity contribution in [2.75, 3.05) is 0 Å². The van der Waals surface area contributed by atoms with Crippen molar-refractivity contribution in [2.24, 2.45) is 0 Å². The largest absolute Gasteiger partial charge is 0.389 e. The van der Waals surface area contributed by atoms with Gasteiger partial charge in [0.15, 0.2) is 0 Å². The minimum absolute atomic E-state index is 0.436. The zero-order valence-corrected chi connectivity index (χ0v) is 12.1. The maximum atomic E-state index is 9.43. The van der Waals surface area contributed by atoms with Crippen LogP contribution in [0.2, 0.25) is 10.0 Å². The van der Waals surface area contributed by atoms with Crippen molar-refractivity contribution in [1.29, 1.82) is 0 Å². The van der Waals surface area contributed by atoms with Crippen molar-refractivity contribution in [3.8, 4) is 0 Å². The van der Waals surface area contributed by atoms with Gasteiger partial charge in [-0.25, -0.2) is 0 Å². The molecule has 0 saturated carbocycles. The van der Waals surface area contributed by atoms with Crippen LogP contribution in [0.15, 0.2) is 52.3 Å². The Labute approximate surface area is 121 Å². The van der Waals surface area contributed by atoms with E-state index in [0.29, 0.717) is 10.0 Å². The van der Waals surface area contributed by atoms with E-state index in [9.17, 15) is 5.11 Å². The first-order valence-electron chi connectivity index (χ1n) is 5.47. The molecule has 1 N–H and O–H groups in total. The van der Waals surface area contributed by atoms with Gasteiger partial charge in [-0.2, -0.15) is 0 Å². The first-order valence-corrected chi connectivity index (χ1v) is 7.04. The first-order chi connectivity index (χ1) is 8.56. The van der Waals surface area contributed by atoms with Gasteiger partial charge < -0.3 is 5.11 Å². The fourth-order valence-corrected chi connectivity index (χ4v) is 2.71. The fraction of sp³-hybridized carbons (Fsp3) is 0.143. The number of aliphatic hydroxyl groups excluding tert-OH is 1. The summed E-state index contributed by atoms with van der Waals surface area (Å²) in [5.74, 6) is 0. The summed E-state index contributed by atoms with van der Waals surface area (Å²) in [7, 11) is 0. The van der Waals surface area contributed by atoms with Crippen molar-refractivity contribution in [1.82, 2.24) is 0 Å². The predicted octanol–water partition coefficient (Wildman–Crippen LogP) is 5.20. The third-order valence-electron chi connectivity index (χ3n) is 2.49. The average Bonchev–Trinajstić information content (AvgIpc) is 2.34. The van der Waals surface area contributed by atoms with E-state index >= 15 is 0 Å². The summed E-state index contributed by atoms with van der Waals surface area (Å²) < 4.78 is 0. The molecule has 18 heavy (non-hydrogen) atoms. The van der Waals surface area contributed by atoms with Gasteiger partial charge in [0.1, 0.15) is 0 Å². The van der Waals surface area contributed by atoms with E-state index in [0.717, 1.165) is 15.4 Å². The van der Waals surface area contributed by atoms with Gasteiger partial charge in [0, 0.05) is 9.79 Å². The summed E-state index contributed by atoms with van der Waals surface area (Å²) >= 11 is 13.4. The Morgan fingerprint density at radius 3 is 2.11 bits per heavy atom. The van der Waals surface area contributed by atoms with Gasteiger partial charge in [0.25, 0.3) is 0 Å². The van der Waals surface area contributed by atoms with E-state index in [4.69, 9.17) is 23.2 Å². The molecule has 0 aromatic heterocycles. The lowest BCUT2D eigenvalue weighted by molar-refractivity contribution is 0.199. The molecule has 0 aliphatic carbocycles. The number of hydrogen-bond acceptors (Lipinski definition) is 2. The van der Waals surface area contributed by atoms with Crippen molar-refractivity contribution in [3.63, 3.8) is 0 Å². The summed E-state index contributed by atoms with van der Waals surface area (Å²) in [5, 5.41) is 10.6. The van der Waals surface area contributed by atoms with Gasteiger partial charge in [-0.3, -0.25) is 0 Å². The lowest BCUT2D eigenvalue weighted by atomic mass is 10.1. The Hall–Kier alpha value is -0.670. The molecule has 0 radical (unpaired) electrons. The summed E-state index contributed by atoms with van der Waals surface area (Å²) in [6.07, 6.45) is -0.436. The topological polar surface area (TPSA) is 20.2 Å². The molecular weight excluding hydrogens is 287 g/mol. The van der Waals surface area contributed by atoms with E-state index in [1.54, 1.807) is 24.8 Å². The number of benzene rings is 2. The second-order valence-corrected chi connectivity index (χ2v) is 5.88. The SMILES string of the molecule is CC(O)c1ccc(Sc2ccc(Cl)c(Cl)c2)cc1. The summed E-state index contributed by atoms with van der Waals surface area (Å²) in [4.78, 5) is 2.13. The van der Waals surface area contributed by atoms with E-state index in [1.165, 1.54) is 0 Å². The molecule has 1 atom stereocenters. The van der Waals surface area contributed by atoms with Crippen LogP contribution >= 0.6 is 35.0 Å². The molecule has 0 spiro atoms. The molecule has 0 bridgehead atoms. The molecule has 0 aliphatic rings. The van der Waals surface area contributed by atoms with Crippen LogP contribution in [0.5, 0.6) is 0 Å². The van der Waals surface area contributed by atoms with Crippen molar-refractivity contribution in [3.05, 3.63) is 58.1 Å². The maximum Gasteiger partial charge on any atom is 0.0761 e. The number of hydrogen-bond donors (Lipinski definition) is 1. The molecule has 2 rings (SSSR count). The van der Waals surface area contributed by atoms with Crippen molar-refractivity contribution >= 4 is 35.0 Å². The molecule has 1 nitrogen and oxygen atoms in total. The van der Waals surface area contributed by atoms with Crippen molar-refractivity contribution < 1.29 is 5.11 Å². The Bertz CT molecular complexity index is 538. The zero-order chi connectivity index (χ0) is 13.1. The van der Waals surface area contributed by atoms with Gasteiger partial charge in [-0.05, 0) is 42.8 Å². The van der Waals surface area contributed by atoms with Crippen molar-refractivity contribution in [2.45, 2.75) is 22.8 Å². The second-order valence-electron chi connectivity index (χ2n) is 3.92. The first kappa shape index (κ1) is 13.8. The predicted molar refractivity (Wildman–Crippen MR) is 77.7 cm³/mol. The number of aliphatic hydroxyl groups is 1. The average molecular weight is 299 g/mol. The van der Waals surface area contributed by atoms with E-state index in [1.807, 2.05) is 36.4 Å². The molecule has 0 heterocycles. The van der Waals surface area contributed by atoms with E-state index in [2.05, 4.69) is 0 Å². The number of halogens is 2. The highest BCUT2D eigenvalue weighted by molar-refractivity contribution is 7.99. The Morgan fingerprint density at radius 2 is 1.56 bits per heavy atom. The van der Waals surface area contributed by atoms with Crippen LogP contribution in [0, 0.1) is 0 Å². The lowest BCUT2D eigenvalue weighted by Crippen LogP contribution is -1.89. The molecule has 2 aromatic rings. The Kier molecular flexibility index (Phi) is 4.57. The van der Waals surface area contributed by atoms with Crippen LogP contribution < -0.4 is 0 Å². The third kappa shape index (κ3) is 3.42. The molecule has 94 valence electrons. The van der Waals surface area contributed by atoms with Gasteiger partial charge in [-0.1, -0.05) is 47.1 Å². The van der Waals surface area contributed by atoms with Gasteiger partial charge >= 0.3 is 0 Å². The van der Waals surface area contributed by atoms with Crippen LogP contribution in [0.4, 0.5) is 0 Å². The minimum Gasteiger partial charge on any atom is -0.389 e. The molecule has 0 aliphatic heterocycles. The van der Waals surface area contributed by atoms with Crippen LogP contribution in [0.3, 0.4) is 0 Å². The monoisotopic (exact) mass is 298 g/mol. The van der Waals surface area contributed by atoms with Gasteiger partial charge in [0.05, 0.1) is 16.1 Å². The smallest absolute Gasteiger partial charge is 0.0761 e. The quantitative estimate of drug-likeness (QED) is 0.840. The normalized spacial score (nSPS) is 12.4. The summed E-state index contributed by atoms with van der Waals surface area (Å²) in [5.41, 5.74) is 0.911. The van der Waals surface area contributed by atoms with Gasteiger partial charge in [0.2, 0.25) is 0 Å². The Morgan fingerprint density at radius 1 is 0.944 bits per heavy atom. The summed E-state index contributed by atoms with van der Waals surface area (Å²) in [6, 6.07) is 13.4. The molecule has 0 amide bonds. The zero-order valence-electron chi connectivity index (χ0n) is 9.73. The fourth-order valence-electron chi connectivity index (χ4n) is 1.49. The highest BCUT2D eigenvalue weighted by Gasteiger charge is 2.03. The van der Waals surface area contributed by atoms with Crippen LogP contribution in [0.1, 0.15) is 18.6 Å². The molecular formula is C14H12Cl2OS. The van der Waals surface area contributed by atoms with E-state index in [-0.39, 0.29) is 0 Å². The minimum atomic E-state index is -0.436. The molecule has 2 aromatic carbocycles. The highest BCUT2D eigenvalue weighted by atomic mass is 35.5. The molecule has 4 heteroatoms. The third-order valence-corrected chi connectivity index (χ3v) is 4.23. The standard InChI is InChI=1S/C14H12Cl2OS/c1-9(17)10-2-4-11(5-3-10)18-12-6-7-13(15)14(16)8-12/h2-9,17H,1H3. The van der Waals surface area contributed by atoms with Crippen LogP contribution in [-0.4, -0.2) is 5.11 Å². The Balaban J connectivity index is 2.15. The maximum absolute atomic E-state index is 9.43. The summed E-state index contributed by atoms with van der Waals surface area (Å²) in [6.45, 7) is 1.75. The molecule has 0 saturated heterocycles. The highest BCUT2D eigenvalue weighted by Crippen LogP contribution is 2.32. The molecule has 1 unspecified atom stereocenters. The van der Waals surface area contributed by atoms with E-state index < -0.39 is 6.10 Å². The molecule has 0 fully saturated rings. The lowest BCUT2D eigenvalue weighted by Gasteiger charge is -2.06. The van der Waals surface area contributed by atoms with Crippen LogP contribution in [0.25, 0.3) is 0 Å². The van der Waals surface area contributed by atoms with Crippen LogP contribution in [-0.2, 0) is 0 Å². The number of rotatable bonds is 3. The second kappa shape index (κ2) is 5.98.